The maximum atomic E-state index is 13.0. The number of carbonyl (C=O) groups excluding carboxylic acids is 2. The zero-order chi connectivity index (χ0) is 19.8. The molecule has 28 heavy (non-hydrogen) atoms. The van der Waals surface area contributed by atoms with E-state index in [1.54, 1.807) is 12.1 Å². The maximum absolute atomic E-state index is 13.0. The molecule has 9 heteroatoms. The molecule has 140 valence electrons. The Kier molecular flexibility index (Phi) is 4.62. The number of aliphatic hydroxyl groups excluding tert-OH is 1. The number of aliphatic hydroxyl groups is 1. The zero-order valence-corrected chi connectivity index (χ0v) is 15.6. The highest BCUT2D eigenvalue weighted by atomic mass is 35.5. The summed E-state index contributed by atoms with van der Waals surface area (Å²) in [5, 5.41) is 11.1. The highest BCUT2D eigenvalue weighted by Crippen LogP contribution is 2.41. The number of carbonyl (C=O) groups is 2. The number of halogens is 2. The molecule has 3 heterocycles. The molecule has 0 saturated carbocycles. The minimum atomic E-state index is -1.01. The van der Waals surface area contributed by atoms with Crippen LogP contribution in [0, 0.1) is 0 Å². The normalized spacial score (nSPS) is 16.7. The summed E-state index contributed by atoms with van der Waals surface area (Å²) in [5.41, 5.74) is 0.292. The van der Waals surface area contributed by atoms with Gasteiger partial charge in [0.15, 0.2) is 11.5 Å². The van der Waals surface area contributed by atoms with Gasteiger partial charge in [0.05, 0.1) is 27.9 Å². The molecule has 1 atom stereocenters. The summed E-state index contributed by atoms with van der Waals surface area (Å²) in [5.74, 6) is -2.14. The van der Waals surface area contributed by atoms with E-state index in [1.165, 1.54) is 42.9 Å². The number of hydrogen-bond donors (Lipinski definition) is 1. The van der Waals surface area contributed by atoms with E-state index >= 15 is 0 Å². The van der Waals surface area contributed by atoms with Crippen LogP contribution in [-0.2, 0) is 4.79 Å². The lowest BCUT2D eigenvalue weighted by Gasteiger charge is -2.24. The van der Waals surface area contributed by atoms with Crippen LogP contribution in [0.5, 0.6) is 0 Å². The summed E-state index contributed by atoms with van der Waals surface area (Å²) in [4.78, 5) is 35.1. The van der Waals surface area contributed by atoms with Crippen molar-refractivity contribution in [2.24, 2.45) is 0 Å². The fraction of sp³-hybridized carbons (Fsp3) is 0.0526. The van der Waals surface area contributed by atoms with Gasteiger partial charge in [-0.1, -0.05) is 29.3 Å². The van der Waals surface area contributed by atoms with Gasteiger partial charge < -0.3 is 9.52 Å². The molecular formula is C19H11Cl2N3O4. The highest BCUT2D eigenvalue weighted by molar-refractivity contribution is 6.42. The van der Waals surface area contributed by atoms with Crippen LogP contribution in [-0.4, -0.2) is 26.8 Å². The van der Waals surface area contributed by atoms with Crippen molar-refractivity contribution in [2.45, 2.75) is 6.04 Å². The van der Waals surface area contributed by atoms with Crippen molar-refractivity contribution < 1.29 is 19.1 Å². The third-order valence-corrected chi connectivity index (χ3v) is 4.96. The Hall–Kier alpha value is -3.16. The van der Waals surface area contributed by atoms with Crippen molar-refractivity contribution in [3.05, 3.63) is 87.8 Å². The summed E-state index contributed by atoms with van der Waals surface area (Å²) in [6.07, 6.45) is 4.23. The SMILES string of the molecule is O=C(C1=C(O)C(=O)N(c2ncccn2)[C@H]1c1ccc(Cl)c(Cl)c1)c1ccco1. The quantitative estimate of drug-likeness (QED) is 0.642. The van der Waals surface area contributed by atoms with Gasteiger partial charge in [0.1, 0.15) is 0 Å². The number of aromatic nitrogens is 2. The molecule has 2 aromatic heterocycles. The van der Waals surface area contributed by atoms with Crippen molar-refractivity contribution in [3.63, 3.8) is 0 Å². The molecule has 1 aliphatic heterocycles. The molecule has 7 nitrogen and oxygen atoms in total. The summed E-state index contributed by atoms with van der Waals surface area (Å²) in [6.45, 7) is 0. The van der Waals surface area contributed by atoms with E-state index in [1.807, 2.05) is 0 Å². The van der Waals surface area contributed by atoms with Crippen molar-refractivity contribution >= 4 is 40.8 Å². The number of ketones is 1. The van der Waals surface area contributed by atoms with E-state index in [4.69, 9.17) is 27.6 Å². The molecule has 0 radical (unpaired) electrons. The Morgan fingerprint density at radius 2 is 1.86 bits per heavy atom. The van der Waals surface area contributed by atoms with Gasteiger partial charge in [-0.2, -0.15) is 0 Å². The molecule has 4 rings (SSSR count). The van der Waals surface area contributed by atoms with Crippen LogP contribution in [0.1, 0.15) is 22.2 Å². The van der Waals surface area contributed by atoms with Gasteiger partial charge in [0.25, 0.3) is 5.91 Å². The molecule has 1 N–H and O–H groups in total. The van der Waals surface area contributed by atoms with Crippen LogP contribution < -0.4 is 4.90 Å². The van der Waals surface area contributed by atoms with E-state index in [0.29, 0.717) is 10.6 Å². The second kappa shape index (κ2) is 7.10. The number of hydrogen-bond acceptors (Lipinski definition) is 6. The smallest absolute Gasteiger partial charge is 0.296 e. The van der Waals surface area contributed by atoms with Crippen LogP contribution in [0.2, 0.25) is 10.0 Å². The van der Waals surface area contributed by atoms with Gasteiger partial charge in [-0.05, 0) is 35.9 Å². The molecule has 0 bridgehead atoms. The van der Waals surface area contributed by atoms with E-state index in [-0.39, 0.29) is 22.3 Å². The van der Waals surface area contributed by atoms with Crippen LogP contribution in [0.4, 0.5) is 5.95 Å². The zero-order valence-electron chi connectivity index (χ0n) is 14.0. The molecule has 0 fully saturated rings. The van der Waals surface area contributed by atoms with E-state index in [9.17, 15) is 14.7 Å². The molecule has 3 aromatic rings. The average molecular weight is 416 g/mol. The number of rotatable bonds is 4. The first-order chi connectivity index (χ1) is 13.5. The first-order valence-corrected chi connectivity index (χ1v) is 8.81. The lowest BCUT2D eigenvalue weighted by molar-refractivity contribution is -0.117. The number of nitrogens with zero attached hydrogens (tertiary/aromatic N) is 3. The molecule has 1 aromatic carbocycles. The van der Waals surface area contributed by atoms with Gasteiger partial charge in [-0.15, -0.1) is 0 Å². The first kappa shape index (κ1) is 18.2. The van der Waals surface area contributed by atoms with Gasteiger partial charge in [-0.25, -0.2) is 9.97 Å². The highest BCUT2D eigenvalue weighted by Gasteiger charge is 2.46. The van der Waals surface area contributed by atoms with Crippen molar-refractivity contribution in [3.8, 4) is 0 Å². The van der Waals surface area contributed by atoms with Crippen molar-refractivity contribution in [1.29, 1.82) is 0 Å². The van der Waals surface area contributed by atoms with Crippen molar-refractivity contribution in [2.75, 3.05) is 4.90 Å². The summed E-state index contributed by atoms with van der Waals surface area (Å²) in [7, 11) is 0. The average Bonchev–Trinajstić information content (AvgIpc) is 3.32. The summed E-state index contributed by atoms with van der Waals surface area (Å²) >= 11 is 12.1. The Morgan fingerprint density at radius 3 is 2.50 bits per heavy atom. The fourth-order valence-electron chi connectivity index (χ4n) is 3.00. The van der Waals surface area contributed by atoms with E-state index in [2.05, 4.69) is 9.97 Å². The molecule has 1 aliphatic rings. The number of amides is 1. The standard InChI is InChI=1S/C19H11Cl2N3O4/c20-11-5-4-10(9-12(11)21)15-14(16(25)13-3-1-8-28-13)17(26)18(27)24(15)19-22-6-2-7-23-19/h1-9,15,26H/t15-/m0/s1. The first-order valence-electron chi connectivity index (χ1n) is 8.06. The second-order valence-electron chi connectivity index (χ2n) is 5.87. The van der Waals surface area contributed by atoms with E-state index < -0.39 is 23.5 Å². The largest absolute Gasteiger partial charge is 0.503 e. The lowest BCUT2D eigenvalue weighted by Crippen LogP contribution is -2.32. The Bertz CT molecular complexity index is 1100. The van der Waals surface area contributed by atoms with Gasteiger partial charge in [0.2, 0.25) is 11.7 Å². The summed E-state index contributed by atoms with van der Waals surface area (Å²) < 4.78 is 5.16. The molecule has 0 aliphatic carbocycles. The van der Waals surface area contributed by atoms with Gasteiger partial charge >= 0.3 is 0 Å². The molecule has 0 saturated heterocycles. The number of anilines is 1. The minimum absolute atomic E-state index is 0.0183. The monoisotopic (exact) mass is 415 g/mol. The Balaban J connectivity index is 1.91. The third kappa shape index (κ3) is 2.94. The topological polar surface area (TPSA) is 96.5 Å². The second-order valence-corrected chi connectivity index (χ2v) is 6.68. The third-order valence-electron chi connectivity index (χ3n) is 4.22. The molecule has 0 spiro atoms. The van der Waals surface area contributed by atoms with Gasteiger partial charge in [0, 0.05) is 12.4 Å². The summed E-state index contributed by atoms with van der Waals surface area (Å²) in [6, 6.07) is 8.22. The maximum Gasteiger partial charge on any atom is 0.296 e. The Morgan fingerprint density at radius 1 is 1.11 bits per heavy atom. The van der Waals surface area contributed by atoms with Crippen LogP contribution in [0.15, 0.2) is 70.8 Å². The molecular weight excluding hydrogens is 405 g/mol. The number of furan rings is 1. The fourth-order valence-corrected chi connectivity index (χ4v) is 3.30. The predicted molar refractivity (Wildman–Crippen MR) is 101 cm³/mol. The Labute approximate surface area is 168 Å². The van der Waals surface area contributed by atoms with Gasteiger partial charge in [-0.3, -0.25) is 14.5 Å². The minimum Gasteiger partial charge on any atom is -0.503 e. The van der Waals surface area contributed by atoms with Crippen LogP contribution in [0.3, 0.4) is 0 Å². The van der Waals surface area contributed by atoms with E-state index in [0.717, 1.165) is 4.90 Å². The number of benzene rings is 1. The lowest BCUT2D eigenvalue weighted by atomic mass is 9.95. The van der Waals surface area contributed by atoms with Crippen LogP contribution >= 0.6 is 23.2 Å². The van der Waals surface area contributed by atoms with Crippen LogP contribution in [0.25, 0.3) is 0 Å². The van der Waals surface area contributed by atoms with Crippen molar-refractivity contribution in [1.82, 2.24) is 9.97 Å². The molecule has 1 amide bonds. The number of Topliss-reactive ketones (excluding diaryl/α,β-unsaturated/α-hetero) is 1. The molecule has 0 unspecified atom stereocenters. The predicted octanol–water partition coefficient (Wildman–Crippen LogP) is 4.16.